The second-order valence-corrected chi connectivity index (χ2v) is 6.77. The van der Waals surface area contributed by atoms with E-state index in [2.05, 4.69) is 24.2 Å². The second-order valence-electron chi connectivity index (χ2n) is 6.77. The van der Waals surface area contributed by atoms with Crippen LogP contribution in [0.2, 0.25) is 0 Å². The first-order valence-electron chi connectivity index (χ1n) is 8.54. The third-order valence-corrected chi connectivity index (χ3v) is 4.66. The van der Waals surface area contributed by atoms with Crippen molar-refractivity contribution in [1.29, 1.82) is 0 Å². The van der Waals surface area contributed by atoms with Crippen LogP contribution in [0.3, 0.4) is 0 Å². The first-order valence-corrected chi connectivity index (χ1v) is 8.54. The van der Waals surface area contributed by atoms with Crippen molar-refractivity contribution in [2.24, 2.45) is 5.92 Å². The molecule has 0 saturated heterocycles. The van der Waals surface area contributed by atoms with Crippen LogP contribution in [0.15, 0.2) is 0 Å². The van der Waals surface area contributed by atoms with Gasteiger partial charge in [-0.25, -0.2) is 0 Å². The highest BCUT2D eigenvalue weighted by Crippen LogP contribution is 2.26. The Morgan fingerprint density at radius 2 is 2.10 bits per heavy atom. The van der Waals surface area contributed by atoms with Gasteiger partial charge >= 0.3 is 5.97 Å². The van der Waals surface area contributed by atoms with Gasteiger partial charge in [-0.15, -0.1) is 0 Å². The molecule has 0 aromatic rings. The number of nitrogens with zero attached hydrogens (tertiary/aromatic N) is 1. The molecule has 1 atom stereocenters. The first-order chi connectivity index (χ1) is 10.0. The van der Waals surface area contributed by atoms with Crippen LogP contribution in [0.4, 0.5) is 0 Å². The second kappa shape index (κ2) is 9.42. The summed E-state index contributed by atoms with van der Waals surface area (Å²) in [5.41, 5.74) is -0.530. The molecule has 1 saturated carbocycles. The molecule has 1 aliphatic rings. The van der Waals surface area contributed by atoms with Gasteiger partial charge in [0.1, 0.15) is 5.54 Å². The van der Waals surface area contributed by atoms with E-state index >= 15 is 0 Å². The summed E-state index contributed by atoms with van der Waals surface area (Å²) in [6.45, 7) is 7.30. The summed E-state index contributed by atoms with van der Waals surface area (Å²) in [5, 5.41) is 3.35. The maximum absolute atomic E-state index is 12.0. The third-order valence-electron chi connectivity index (χ3n) is 4.66. The summed E-state index contributed by atoms with van der Waals surface area (Å²) in [6, 6.07) is 0. The minimum absolute atomic E-state index is 0.140. The number of hydrogen-bond acceptors (Lipinski definition) is 4. The van der Waals surface area contributed by atoms with Gasteiger partial charge in [0, 0.05) is 6.54 Å². The standard InChI is InChI=1S/C17H34N2O2/c1-5-12-18-17(2,16(20)21-4)11-6-7-13-19(3)14-15-9-8-10-15/h15,18H,5-14H2,1-4H3. The summed E-state index contributed by atoms with van der Waals surface area (Å²) in [6.07, 6.45) is 8.30. The Hall–Kier alpha value is -0.610. The quantitative estimate of drug-likeness (QED) is 0.470. The van der Waals surface area contributed by atoms with Crippen molar-refractivity contribution in [2.75, 3.05) is 33.8 Å². The number of carbonyl (C=O) groups is 1. The zero-order valence-corrected chi connectivity index (χ0v) is 14.4. The fraction of sp³-hybridized carbons (Fsp3) is 0.941. The average Bonchev–Trinajstić information content (AvgIpc) is 2.44. The van der Waals surface area contributed by atoms with E-state index in [-0.39, 0.29) is 5.97 Å². The molecule has 4 nitrogen and oxygen atoms in total. The van der Waals surface area contributed by atoms with Gasteiger partial charge in [-0.3, -0.25) is 4.79 Å². The monoisotopic (exact) mass is 298 g/mol. The van der Waals surface area contributed by atoms with E-state index in [0.29, 0.717) is 0 Å². The largest absolute Gasteiger partial charge is 0.468 e. The minimum atomic E-state index is -0.530. The van der Waals surface area contributed by atoms with E-state index in [1.807, 2.05) is 6.92 Å². The van der Waals surface area contributed by atoms with E-state index in [4.69, 9.17) is 4.74 Å². The number of methoxy groups -OCH3 is 1. The molecule has 1 fully saturated rings. The molecule has 0 bridgehead atoms. The molecule has 0 heterocycles. The number of rotatable bonds is 11. The maximum Gasteiger partial charge on any atom is 0.325 e. The van der Waals surface area contributed by atoms with E-state index in [1.54, 1.807) is 0 Å². The molecule has 0 aliphatic heterocycles. The number of hydrogen-bond donors (Lipinski definition) is 1. The lowest BCUT2D eigenvalue weighted by molar-refractivity contribution is -0.148. The fourth-order valence-corrected chi connectivity index (χ4v) is 2.96. The predicted octanol–water partition coefficient (Wildman–Crippen LogP) is 2.82. The van der Waals surface area contributed by atoms with Crippen LogP contribution in [0.5, 0.6) is 0 Å². The van der Waals surface area contributed by atoms with Gasteiger partial charge in [0.25, 0.3) is 0 Å². The summed E-state index contributed by atoms with van der Waals surface area (Å²) in [7, 11) is 3.69. The van der Waals surface area contributed by atoms with Crippen molar-refractivity contribution in [3.05, 3.63) is 0 Å². The highest BCUT2D eigenvalue weighted by atomic mass is 16.5. The SMILES string of the molecule is CCCNC(C)(CCCCN(C)CC1CCC1)C(=O)OC. The van der Waals surface area contributed by atoms with E-state index in [9.17, 15) is 4.79 Å². The van der Waals surface area contributed by atoms with Gasteiger partial charge in [-0.1, -0.05) is 13.3 Å². The maximum atomic E-state index is 12.0. The highest BCUT2D eigenvalue weighted by molar-refractivity contribution is 5.80. The van der Waals surface area contributed by atoms with Gasteiger partial charge in [0.15, 0.2) is 0 Å². The Bertz CT molecular complexity index is 305. The molecule has 1 aliphatic carbocycles. The molecule has 1 rings (SSSR count). The Morgan fingerprint density at radius 1 is 1.38 bits per heavy atom. The van der Waals surface area contributed by atoms with Crippen LogP contribution in [0, 0.1) is 5.92 Å². The third kappa shape index (κ3) is 6.35. The molecule has 0 aromatic heterocycles. The van der Waals surface area contributed by atoms with Crippen LogP contribution < -0.4 is 5.32 Å². The topological polar surface area (TPSA) is 41.6 Å². The number of esters is 1. The zero-order chi connectivity index (χ0) is 15.7. The Morgan fingerprint density at radius 3 is 2.62 bits per heavy atom. The average molecular weight is 298 g/mol. The molecule has 124 valence electrons. The zero-order valence-electron chi connectivity index (χ0n) is 14.4. The molecule has 1 unspecified atom stereocenters. The summed E-state index contributed by atoms with van der Waals surface area (Å²) < 4.78 is 4.95. The van der Waals surface area contributed by atoms with Crippen LogP contribution in [0.25, 0.3) is 0 Å². The molecule has 1 N–H and O–H groups in total. The van der Waals surface area contributed by atoms with Crippen molar-refractivity contribution < 1.29 is 9.53 Å². The van der Waals surface area contributed by atoms with Crippen molar-refractivity contribution in [2.45, 2.75) is 64.3 Å². The molecule has 4 heteroatoms. The smallest absolute Gasteiger partial charge is 0.325 e. The van der Waals surface area contributed by atoms with Crippen molar-refractivity contribution in [3.8, 4) is 0 Å². The van der Waals surface area contributed by atoms with Crippen molar-refractivity contribution >= 4 is 5.97 Å². The summed E-state index contributed by atoms with van der Waals surface area (Å²) in [4.78, 5) is 14.4. The van der Waals surface area contributed by atoms with Crippen molar-refractivity contribution in [3.63, 3.8) is 0 Å². The number of nitrogens with one attached hydrogen (secondary N) is 1. The highest BCUT2D eigenvalue weighted by Gasteiger charge is 2.32. The van der Waals surface area contributed by atoms with Crippen LogP contribution in [-0.4, -0.2) is 50.2 Å². The van der Waals surface area contributed by atoms with Gasteiger partial charge < -0.3 is 15.0 Å². The Balaban J connectivity index is 2.23. The molecular formula is C17H34N2O2. The van der Waals surface area contributed by atoms with Gasteiger partial charge in [0.2, 0.25) is 0 Å². The van der Waals surface area contributed by atoms with Gasteiger partial charge in [-0.05, 0) is 71.5 Å². The lowest BCUT2D eigenvalue weighted by atomic mass is 9.85. The fourth-order valence-electron chi connectivity index (χ4n) is 2.96. The summed E-state index contributed by atoms with van der Waals surface area (Å²) >= 11 is 0. The lowest BCUT2D eigenvalue weighted by Gasteiger charge is -2.31. The van der Waals surface area contributed by atoms with Gasteiger partial charge in [0.05, 0.1) is 7.11 Å². The van der Waals surface area contributed by atoms with Crippen LogP contribution in [0.1, 0.15) is 58.8 Å². The minimum Gasteiger partial charge on any atom is -0.468 e. The van der Waals surface area contributed by atoms with E-state index in [1.165, 1.54) is 32.9 Å². The van der Waals surface area contributed by atoms with E-state index < -0.39 is 5.54 Å². The number of unbranched alkanes of at least 4 members (excludes halogenated alkanes) is 1. The Labute approximate surface area is 130 Å². The normalized spacial score (nSPS) is 18.3. The lowest BCUT2D eigenvalue weighted by Crippen LogP contribution is -2.50. The first kappa shape index (κ1) is 18.4. The van der Waals surface area contributed by atoms with Crippen molar-refractivity contribution in [1.82, 2.24) is 10.2 Å². The van der Waals surface area contributed by atoms with Crippen LogP contribution in [-0.2, 0) is 9.53 Å². The van der Waals surface area contributed by atoms with E-state index in [0.717, 1.165) is 44.7 Å². The molecular weight excluding hydrogens is 264 g/mol. The molecule has 0 radical (unpaired) electrons. The Kier molecular flexibility index (Phi) is 8.27. The molecule has 0 amide bonds. The summed E-state index contributed by atoms with van der Waals surface area (Å²) in [5.74, 6) is 0.792. The number of carbonyl (C=O) groups excluding carboxylic acids is 1. The molecule has 21 heavy (non-hydrogen) atoms. The van der Waals surface area contributed by atoms with Gasteiger partial charge in [-0.2, -0.15) is 0 Å². The van der Waals surface area contributed by atoms with Crippen LogP contribution >= 0.6 is 0 Å². The predicted molar refractivity (Wildman–Crippen MR) is 87.4 cm³/mol. The molecule has 0 aromatic carbocycles. The number of ether oxygens (including phenoxy) is 1. The molecule has 0 spiro atoms.